The topological polar surface area (TPSA) is 86.5 Å². The summed E-state index contributed by atoms with van der Waals surface area (Å²) < 4.78 is 0. The zero-order chi connectivity index (χ0) is 14.0. The zero-order valence-electron chi connectivity index (χ0n) is 11.2. The first-order chi connectivity index (χ1) is 9.04. The molecular weight excluding hydrogens is 246 g/mol. The molecule has 1 aliphatic rings. The minimum absolute atomic E-state index is 0.0188. The van der Waals surface area contributed by atoms with Crippen LogP contribution in [0.3, 0.4) is 0 Å². The predicted octanol–water partition coefficient (Wildman–Crippen LogP) is 1.26. The smallest absolute Gasteiger partial charge is 0.356 e. The average Bonchev–Trinajstić information content (AvgIpc) is 2.85. The fourth-order valence-electron chi connectivity index (χ4n) is 2.38. The highest BCUT2D eigenvalue weighted by Gasteiger charge is 2.28. The van der Waals surface area contributed by atoms with Crippen LogP contribution in [-0.2, 0) is 0 Å². The highest BCUT2D eigenvalue weighted by atomic mass is 16.4. The number of aromatic nitrogens is 2. The van der Waals surface area contributed by atoms with Gasteiger partial charge >= 0.3 is 5.97 Å². The second kappa shape index (κ2) is 5.52. The molecule has 2 N–H and O–H groups in total. The maximum Gasteiger partial charge on any atom is 0.356 e. The largest absolute Gasteiger partial charge is 0.476 e. The number of anilines is 1. The van der Waals surface area contributed by atoms with Gasteiger partial charge in [0.2, 0.25) is 0 Å². The van der Waals surface area contributed by atoms with Gasteiger partial charge in [0.1, 0.15) is 5.82 Å². The van der Waals surface area contributed by atoms with Crippen LogP contribution in [0.25, 0.3) is 0 Å². The standard InChI is InChI=1S/C13H19N3O3/c1-8(2)12-14-6-10(11(15-12)13(18)19)16-5-3-4-9(16)7-17/h6,8-9,17H,3-5,7H2,1-2H3,(H,18,19). The van der Waals surface area contributed by atoms with E-state index in [0.29, 0.717) is 11.5 Å². The molecule has 1 aliphatic heterocycles. The minimum atomic E-state index is -1.05. The normalized spacial score (nSPS) is 19.2. The van der Waals surface area contributed by atoms with Crippen LogP contribution in [0.5, 0.6) is 0 Å². The van der Waals surface area contributed by atoms with Gasteiger partial charge < -0.3 is 15.1 Å². The van der Waals surface area contributed by atoms with Gasteiger partial charge in [-0.05, 0) is 12.8 Å². The summed E-state index contributed by atoms with van der Waals surface area (Å²) in [4.78, 5) is 21.7. The van der Waals surface area contributed by atoms with Crippen molar-refractivity contribution in [2.24, 2.45) is 0 Å². The molecule has 1 saturated heterocycles. The summed E-state index contributed by atoms with van der Waals surface area (Å²) in [7, 11) is 0. The number of aliphatic hydroxyl groups is 1. The molecule has 0 aromatic carbocycles. The highest BCUT2D eigenvalue weighted by Crippen LogP contribution is 2.28. The lowest BCUT2D eigenvalue weighted by Gasteiger charge is -2.26. The van der Waals surface area contributed by atoms with Gasteiger partial charge in [-0.25, -0.2) is 14.8 Å². The molecule has 0 saturated carbocycles. The van der Waals surface area contributed by atoms with Crippen molar-refractivity contribution in [1.82, 2.24) is 9.97 Å². The van der Waals surface area contributed by atoms with E-state index in [0.717, 1.165) is 19.4 Å². The second-order valence-electron chi connectivity index (χ2n) is 5.09. The second-order valence-corrected chi connectivity index (χ2v) is 5.09. The molecule has 0 aliphatic carbocycles. The molecular formula is C13H19N3O3. The summed E-state index contributed by atoms with van der Waals surface area (Å²) in [5.74, 6) is -0.442. The Morgan fingerprint density at radius 3 is 2.89 bits per heavy atom. The highest BCUT2D eigenvalue weighted by molar-refractivity contribution is 5.92. The minimum Gasteiger partial charge on any atom is -0.476 e. The molecule has 1 fully saturated rings. The molecule has 2 heterocycles. The lowest BCUT2D eigenvalue weighted by molar-refractivity contribution is 0.0690. The van der Waals surface area contributed by atoms with Crippen LogP contribution in [-0.4, -0.2) is 45.3 Å². The lowest BCUT2D eigenvalue weighted by Crippen LogP contribution is -2.33. The van der Waals surface area contributed by atoms with E-state index in [-0.39, 0.29) is 24.3 Å². The van der Waals surface area contributed by atoms with Gasteiger partial charge in [-0.1, -0.05) is 13.8 Å². The average molecular weight is 265 g/mol. The molecule has 6 heteroatoms. The number of hydrogen-bond donors (Lipinski definition) is 2. The Hall–Kier alpha value is -1.69. The van der Waals surface area contributed by atoms with E-state index in [1.165, 1.54) is 0 Å². The fraction of sp³-hybridized carbons (Fsp3) is 0.615. The maximum atomic E-state index is 11.4. The maximum absolute atomic E-state index is 11.4. The van der Waals surface area contributed by atoms with E-state index in [2.05, 4.69) is 9.97 Å². The third-order valence-corrected chi connectivity index (χ3v) is 3.40. The number of aliphatic hydroxyl groups excluding tert-OH is 1. The first kappa shape index (κ1) is 13.7. The third kappa shape index (κ3) is 2.68. The van der Waals surface area contributed by atoms with Crippen LogP contribution < -0.4 is 4.90 Å². The number of carbonyl (C=O) groups is 1. The Kier molecular flexibility index (Phi) is 3.99. The molecule has 6 nitrogen and oxygen atoms in total. The molecule has 1 aromatic rings. The summed E-state index contributed by atoms with van der Waals surface area (Å²) in [5, 5.41) is 18.7. The van der Waals surface area contributed by atoms with Crippen LogP contribution in [0.15, 0.2) is 6.20 Å². The first-order valence-electron chi connectivity index (χ1n) is 6.52. The van der Waals surface area contributed by atoms with Gasteiger partial charge in [0, 0.05) is 12.5 Å². The van der Waals surface area contributed by atoms with E-state index in [9.17, 15) is 15.0 Å². The summed E-state index contributed by atoms with van der Waals surface area (Å²) in [6.45, 7) is 4.60. The van der Waals surface area contributed by atoms with Gasteiger partial charge in [-0.15, -0.1) is 0 Å². The molecule has 0 bridgehead atoms. The Labute approximate surface area is 112 Å². The number of nitrogens with zero attached hydrogens (tertiary/aromatic N) is 3. The van der Waals surface area contributed by atoms with Crippen molar-refractivity contribution in [1.29, 1.82) is 0 Å². The van der Waals surface area contributed by atoms with E-state index < -0.39 is 5.97 Å². The summed E-state index contributed by atoms with van der Waals surface area (Å²) >= 11 is 0. The van der Waals surface area contributed by atoms with Crippen LogP contribution in [0, 0.1) is 0 Å². The number of carboxylic acid groups (broad SMARTS) is 1. The molecule has 2 rings (SSSR count). The van der Waals surface area contributed by atoms with E-state index >= 15 is 0 Å². The van der Waals surface area contributed by atoms with Crippen molar-refractivity contribution in [2.45, 2.75) is 38.6 Å². The monoisotopic (exact) mass is 265 g/mol. The summed E-state index contributed by atoms with van der Waals surface area (Å²) in [5.41, 5.74) is 0.535. The SMILES string of the molecule is CC(C)c1ncc(N2CCCC2CO)c(C(=O)O)n1. The van der Waals surface area contributed by atoms with Crippen LogP contribution >= 0.6 is 0 Å². The zero-order valence-corrected chi connectivity index (χ0v) is 11.2. The summed E-state index contributed by atoms with van der Waals surface area (Å²) in [6.07, 6.45) is 3.37. The Morgan fingerprint density at radius 1 is 1.58 bits per heavy atom. The Morgan fingerprint density at radius 2 is 2.32 bits per heavy atom. The third-order valence-electron chi connectivity index (χ3n) is 3.40. The van der Waals surface area contributed by atoms with Crippen molar-refractivity contribution in [3.8, 4) is 0 Å². The molecule has 0 amide bonds. The van der Waals surface area contributed by atoms with Crippen molar-refractivity contribution in [3.05, 3.63) is 17.7 Å². The van der Waals surface area contributed by atoms with E-state index in [1.54, 1.807) is 6.20 Å². The molecule has 19 heavy (non-hydrogen) atoms. The number of rotatable bonds is 4. The molecule has 1 aromatic heterocycles. The van der Waals surface area contributed by atoms with Crippen molar-refractivity contribution >= 4 is 11.7 Å². The Bertz CT molecular complexity index is 476. The van der Waals surface area contributed by atoms with Crippen molar-refractivity contribution in [2.75, 3.05) is 18.1 Å². The van der Waals surface area contributed by atoms with Gasteiger partial charge in [-0.2, -0.15) is 0 Å². The Balaban J connectivity index is 2.42. The van der Waals surface area contributed by atoms with Crippen LogP contribution in [0.2, 0.25) is 0 Å². The molecule has 0 spiro atoms. The van der Waals surface area contributed by atoms with Crippen LogP contribution in [0.1, 0.15) is 48.9 Å². The molecule has 1 atom stereocenters. The quantitative estimate of drug-likeness (QED) is 0.852. The first-order valence-corrected chi connectivity index (χ1v) is 6.52. The number of hydrogen-bond acceptors (Lipinski definition) is 5. The van der Waals surface area contributed by atoms with Gasteiger partial charge in [-0.3, -0.25) is 0 Å². The lowest BCUT2D eigenvalue weighted by atomic mass is 10.2. The summed E-state index contributed by atoms with van der Waals surface area (Å²) in [6, 6.07) is -0.0356. The fourth-order valence-corrected chi connectivity index (χ4v) is 2.38. The van der Waals surface area contributed by atoms with Crippen molar-refractivity contribution < 1.29 is 15.0 Å². The van der Waals surface area contributed by atoms with E-state index in [1.807, 2.05) is 18.7 Å². The van der Waals surface area contributed by atoms with Gasteiger partial charge in [0.15, 0.2) is 5.69 Å². The van der Waals surface area contributed by atoms with Gasteiger partial charge in [0.05, 0.1) is 24.5 Å². The van der Waals surface area contributed by atoms with Gasteiger partial charge in [0.25, 0.3) is 0 Å². The van der Waals surface area contributed by atoms with Crippen molar-refractivity contribution in [3.63, 3.8) is 0 Å². The molecule has 104 valence electrons. The predicted molar refractivity (Wildman–Crippen MR) is 70.5 cm³/mol. The van der Waals surface area contributed by atoms with Crippen LogP contribution in [0.4, 0.5) is 5.69 Å². The number of carboxylic acids is 1. The molecule has 1 unspecified atom stereocenters. The molecule has 0 radical (unpaired) electrons. The van der Waals surface area contributed by atoms with E-state index in [4.69, 9.17) is 0 Å². The number of aromatic carboxylic acids is 1.